The molecule has 3 rings (SSSR count). The van der Waals surface area contributed by atoms with Crippen molar-refractivity contribution in [2.24, 2.45) is 5.41 Å². The quantitative estimate of drug-likeness (QED) is 0.0286. The molecule has 0 saturated heterocycles. The van der Waals surface area contributed by atoms with Gasteiger partial charge in [0, 0.05) is 0 Å². The van der Waals surface area contributed by atoms with Gasteiger partial charge in [-0.05, 0) is 98.5 Å². The van der Waals surface area contributed by atoms with Gasteiger partial charge in [-0.3, -0.25) is 0 Å². The van der Waals surface area contributed by atoms with E-state index in [9.17, 15) is 28.8 Å². The highest BCUT2D eigenvalue weighted by molar-refractivity contribution is 5.90. The largest absolute Gasteiger partial charge is 0.549 e. The van der Waals surface area contributed by atoms with Crippen molar-refractivity contribution in [2.75, 3.05) is 39.6 Å². The van der Waals surface area contributed by atoms with Crippen molar-refractivity contribution in [3.8, 4) is 17.2 Å². The van der Waals surface area contributed by atoms with Crippen molar-refractivity contribution in [1.82, 2.24) is 0 Å². The minimum Gasteiger partial charge on any atom is -0.494 e. The summed E-state index contributed by atoms with van der Waals surface area (Å²) in [5.41, 5.74) is -1.42. The van der Waals surface area contributed by atoms with E-state index in [1.807, 2.05) is 20.8 Å². The van der Waals surface area contributed by atoms with Crippen molar-refractivity contribution in [3.63, 3.8) is 0 Å². The number of carbonyl (C=O) groups excluding carboxylic acids is 6. The maximum absolute atomic E-state index is 12.6. The van der Waals surface area contributed by atoms with Gasteiger partial charge in [-0.2, -0.15) is 14.4 Å². The third kappa shape index (κ3) is 18.4. The molecule has 0 heterocycles. The molecule has 0 radical (unpaired) electrons. The van der Waals surface area contributed by atoms with Crippen LogP contribution in [0.3, 0.4) is 0 Å². The van der Waals surface area contributed by atoms with Gasteiger partial charge in [0.1, 0.15) is 37.1 Å². The molecule has 0 bridgehead atoms. The summed E-state index contributed by atoms with van der Waals surface area (Å²) in [6.07, 6.45) is 1.35. The lowest BCUT2D eigenvalue weighted by molar-refractivity contribution is -0.217. The lowest BCUT2D eigenvalue weighted by atomic mass is 9.86. The molecule has 0 saturated carbocycles. The predicted octanol–water partition coefficient (Wildman–Crippen LogP) is 9.09. The monoisotopic (exact) mass is 856 g/mol. The molecule has 0 aliphatic carbocycles. The van der Waals surface area contributed by atoms with E-state index in [1.165, 1.54) is 36.4 Å². The average Bonchev–Trinajstić information content (AvgIpc) is 3.28. The highest BCUT2D eigenvalue weighted by Gasteiger charge is 2.37. The molecule has 18 heteroatoms. The van der Waals surface area contributed by atoms with E-state index in [-0.39, 0.29) is 23.1 Å². The second kappa shape index (κ2) is 27.1. The zero-order valence-corrected chi connectivity index (χ0v) is 34.7. The van der Waals surface area contributed by atoms with E-state index in [4.69, 9.17) is 28.4 Å². The highest BCUT2D eigenvalue weighted by Crippen LogP contribution is 2.27. The second-order valence-electron chi connectivity index (χ2n) is 13.4. The van der Waals surface area contributed by atoms with Gasteiger partial charge in [-0.25, -0.2) is 43.7 Å². The Balaban J connectivity index is 1.60. The van der Waals surface area contributed by atoms with E-state index in [2.05, 4.69) is 29.3 Å². The first kappa shape index (κ1) is 48.6. The molecule has 0 unspecified atom stereocenters. The van der Waals surface area contributed by atoms with Gasteiger partial charge in [0.2, 0.25) is 0 Å². The standard InChI is InChI=1S/C43H52O18/c1-5-9-25-50-34-18-12-31(13-19-34)37(44)56-59-40(47)53-28-43(24-8-4,29-54-41(48)60-57-38(45)32-14-20-35(21-15-32)51-26-10-6-2)30-55-42(49)61-58-39(46)33-16-22-36(23-17-33)52-27-11-7-3/h12-23H,5-11,24-30H2,1-4H3. The van der Waals surface area contributed by atoms with Crippen LogP contribution in [0.25, 0.3) is 0 Å². The number of ether oxygens (including phenoxy) is 6. The van der Waals surface area contributed by atoms with Crippen molar-refractivity contribution >= 4 is 36.4 Å². The van der Waals surface area contributed by atoms with E-state index in [0.29, 0.717) is 43.5 Å². The number of rotatable bonds is 23. The SMILES string of the molecule is CCCCOc1ccc(C(=O)OOC(=O)OCC(CCC)(COC(=O)OOC(=O)c2ccc(OCCCC)cc2)COC(=O)OOC(=O)c2ccc(OCCCC)cc2)cc1. The van der Waals surface area contributed by atoms with Gasteiger partial charge >= 0.3 is 36.4 Å². The van der Waals surface area contributed by atoms with Gasteiger partial charge in [0.25, 0.3) is 0 Å². The summed E-state index contributed by atoms with van der Waals surface area (Å²) in [5.74, 6) is -1.48. The first-order valence-corrected chi connectivity index (χ1v) is 19.9. The number of benzene rings is 3. The van der Waals surface area contributed by atoms with Crippen molar-refractivity contribution < 1.29 is 86.5 Å². The van der Waals surface area contributed by atoms with E-state index in [1.54, 1.807) is 43.3 Å². The van der Waals surface area contributed by atoms with Crippen LogP contribution in [0.15, 0.2) is 72.8 Å². The molecular formula is C43H52O18. The Morgan fingerprint density at radius 1 is 0.393 bits per heavy atom. The average molecular weight is 857 g/mol. The fraction of sp³-hybridized carbons (Fsp3) is 0.442. The Morgan fingerprint density at radius 2 is 0.672 bits per heavy atom. The molecule has 332 valence electrons. The molecule has 3 aromatic rings. The third-order valence-electron chi connectivity index (χ3n) is 8.40. The Hall–Kier alpha value is -6.72. The summed E-state index contributed by atoms with van der Waals surface area (Å²) in [4.78, 5) is 103. The molecule has 0 fully saturated rings. The lowest BCUT2D eigenvalue weighted by Gasteiger charge is -2.30. The van der Waals surface area contributed by atoms with Crippen LogP contribution in [0.4, 0.5) is 14.4 Å². The van der Waals surface area contributed by atoms with Gasteiger partial charge in [-0.1, -0.05) is 53.4 Å². The van der Waals surface area contributed by atoms with E-state index in [0.717, 1.165) is 38.5 Å². The van der Waals surface area contributed by atoms with Crippen LogP contribution in [0, 0.1) is 5.41 Å². The van der Waals surface area contributed by atoms with Gasteiger partial charge in [0.15, 0.2) is 0 Å². The smallest absolute Gasteiger partial charge is 0.494 e. The van der Waals surface area contributed by atoms with Gasteiger partial charge < -0.3 is 28.4 Å². The van der Waals surface area contributed by atoms with Crippen LogP contribution in [0.2, 0.25) is 0 Å². The van der Waals surface area contributed by atoms with Crippen molar-refractivity contribution in [1.29, 1.82) is 0 Å². The molecule has 0 aliphatic heterocycles. The second-order valence-corrected chi connectivity index (χ2v) is 13.4. The van der Waals surface area contributed by atoms with Gasteiger partial charge in [-0.15, -0.1) is 0 Å². The minimum atomic E-state index is -1.54. The Bertz CT molecular complexity index is 1600. The van der Waals surface area contributed by atoms with Crippen LogP contribution in [-0.2, 0) is 43.5 Å². The molecule has 0 amide bonds. The van der Waals surface area contributed by atoms with Crippen LogP contribution in [0.5, 0.6) is 17.2 Å². The lowest BCUT2D eigenvalue weighted by Crippen LogP contribution is -2.40. The maximum Gasteiger partial charge on any atom is 0.549 e. The van der Waals surface area contributed by atoms with Crippen molar-refractivity contribution in [3.05, 3.63) is 89.5 Å². The fourth-order valence-electron chi connectivity index (χ4n) is 5.00. The zero-order valence-electron chi connectivity index (χ0n) is 34.7. The summed E-state index contributed by atoms with van der Waals surface area (Å²) in [5, 5.41) is 0. The predicted molar refractivity (Wildman–Crippen MR) is 211 cm³/mol. The Labute approximate surface area is 353 Å². The Morgan fingerprint density at radius 3 is 0.918 bits per heavy atom. The number of hydrogen-bond acceptors (Lipinski definition) is 18. The van der Waals surface area contributed by atoms with Crippen LogP contribution >= 0.6 is 0 Å². The van der Waals surface area contributed by atoms with E-state index >= 15 is 0 Å². The molecule has 0 N–H and O–H groups in total. The van der Waals surface area contributed by atoms with Crippen molar-refractivity contribution in [2.45, 2.75) is 79.1 Å². The number of unbranched alkanes of at least 4 members (excludes halogenated alkanes) is 3. The number of hydrogen-bond donors (Lipinski definition) is 0. The summed E-state index contributed by atoms with van der Waals surface area (Å²) < 4.78 is 32.2. The fourth-order valence-corrected chi connectivity index (χ4v) is 5.00. The molecule has 18 nitrogen and oxygen atoms in total. The first-order chi connectivity index (χ1) is 29.5. The van der Waals surface area contributed by atoms with Gasteiger partial charge in [0.05, 0.1) is 41.9 Å². The summed E-state index contributed by atoms with van der Waals surface area (Å²) >= 11 is 0. The summed E-state index contributed by atoms with van der Waals surface area (Å²) in [7, 11) is 0. The normalized spacial score (nSPS) is 10.6. The molecular weight excluding hydrogens is 804 g/mol. The third-order valence-corrected chi connectivity index (χ3v) is 8.40. The van der Waals surface area contributed by atoms with Crippen LogP contribution in [0.1, 0.15) is 110 Å². The Kier molecular flexibility index (Phi) is 21.6. The van der Waals surface area contributed by atoms with E-state index < -0.39 is 61.6 Å². The van der Waals surface area contributed by atoms with Crippen LogP contribution < -0.4 is 14.2 Å². The summed E-state index contributed by atoms with van der Waals surface area (Å²) in [6.45, 7) is 7.30. The number of carbonyl (C=O) groups is 6. The molecule has 3 aromatic carbocycles. The minimum absolute atomic E-state index is 0.0399. The zero-order chi connectivity index (χ0) is 44.3. The summed E-state index contributed by atoms with van der Waals surface area (Å²) in [6, 6.07) is 17.7. The van der Waals surface area contributed by atoms with Crippen LogP contribution in [-0.4, -0.2) is 76.0 Å². The molecule has 0 aliphatic rings. The first-order valence-electron chi connectivity index (χ1n) is 19.9. The highest BCUT2D eigenvalue weighted by atomic mass is 17.2. The maximum atomic E-state index is 12.6. The molecule has 0 spiro atoms. The topological polar surface area (TPSA) is 213 Å². The molecule has 0 atom stereocenters. The molecule has 0 aromatic heterocycles. The molecule has 61 heavy (non-hydrogen) atoms.